The Balaban J connectivity index is 2.06. The average molecular weight is 327 g/mol. The Morgan fingerprint density at radius 2 is 2.57 bits per heavy atom. The Morgan fingerprint density at radius 1 is 1.86 bits per heavy atom. The second-order valence-electron chi connectivity index (χ2n) is 1.09. The van der Waals surface area contributed by atoms with Crippen LogP contribution in [0.1, 0.15) is 6.92 Å². The summed E-state index contributed by atoms with van der Waals surface area (Å²) in [5.74, 6) is 0. The van der Waals surface area contributed by atoms with Crippen LogP contribution < -0.4 is 21.0 Å². The quantitative estimate of drug-likeness (QED) is 0.352. The van der Waals surface area contributed by atoms with Crippen molar-refractivity contribution in [2.24, 2.45) is 0 Å². The van der Waals surface area contributed by atoms with E-state index < -0.39 is 16.4 Å². The molecule has 1 rings (SSSR count). The number of halogens is 2. The number of nitrogens with one attached hydrogen (secondary N) is 1. The Hall–Kier alpha value is 1.38. The van der Waals surface area contributed by atoms with Crippen LogP contribution in [0.5, 0.6) is 0 Å². The Morgan fingerprint density at radius 3 is 2.71 bits per heavy atom. The molecule has 1 fully saturated rings. The molecule has 46 valence electrons. The van der Waals surface area contributed by atoms with Gasteiger partial charge < -0.3 is 0 Å². The summed E-state index contributed by atoms with van der Waals surface area (Å²) < 4.78 is 6.00. The molecule has 1 atom stereocenters. The molecule has 4 heteroatoms. The van der Waals surface area contributed by atoms with Gasteiger partial charge >= 0.3 is 59.3 Å². The molecular formula is C3H9I2N2-. The molecule has 1 aliphatic rings. The Kier molecular flexibility index (Phi) is 2.59. The van der Waals surface area contributed by atoms with Gasteiger partial charge in [-0.05, 0) is 0 Å². The van der Waals surface area contributed by atoms with Gasteiger partial charge in [-0.15, -0.1) is 0 Å². The molecule has 1 saturated heterocycles. The minimum atomic E-state index is -0.466. The zero-order chi connectivity index (χ0) is 5.28. The average Bonchev–Trinajstić information content (AvgIpc) is 2.43. The molecular weight excluding hydrogens is 318 g/mol. The van der Waals surface area contributed by atoms with Crippen molar-refractivity contribution >= 4 is 16.4 Å². The summed E-state index contributed by atoms with van der Waals surface area (Å²) in [6.07, 6.45) is 0. The molecule has 0 spiro atoms. The van der Waals surface area contributed by atoms with Gasteiger partial charge in [-0.2, -0.15) is 0 Å². The van der Waals surface area contributed by atoms with Crippen molar-refractivity contribution < 1.29 is 17.5 Å². The van der Waals surface area contributed by atoms with Crippen molar-refractivity contribution in [3.05, 3.63) is 0 Å². The predicted molar refractivity (Wildman–Crippen MR) is 35.5 cm³/mol. The van der Waals surface area contributed by atoms with E-state index in [1.807, 2.05) is 0 Å². The summed E-state index contributed by atoms with van der Waals surface area (Å²) in [5.41, 5.74) is 0. The van der Waals surface area contributed by atoms with Crippen molar-refractivity contribution in [3.63, 3.8) is 0 Å². The monoisotopic (exact) mass is 327 g/mol. The molecule has 1 N–H and O–H groups in total. The van der Waals surface area contributed by atoms with Crippen molar-refractivity contribution in [2.45, 2.75) is 6.92 Å². The minimum absolute atomic E-state index is 0.466. The molecule has 0 saturated carbocycles. The molecule has 0 aliphatic carbocycles. The van der Waals surface area contributed by atoms with Crippen molar-refractivity contribution in [1.29, 1.82) is 0 Å². The zero-order valence-corrected chi connectivity index (χ0v) is 8.73. The summed E-state index contributed by atoms with van der Waals surface area (Å²) in [7, 11) is 2.10. The SMILES string of the molecule is CCN1[I-]I1NC. The first-order valence-corrected chi connectivity index (χ1v) is 11.5. The van der Waals surface area contributed by atoms with E-state index in [-0.39, 0.29) is 0 Å². The summed E-state index contributed by atoms with van der Waals surface area (Å²) >= 11 is 0.121. The van der Waals surface area contributed by atoms with E-state index in [2.05, 4.69) is 18.8 Å². The van der Waals surface area contributed by atoms with Crippen LogP contribution in [0.2, 0.25) is 0 Å². The van der Waals surface area contributed by atoms with Gasteiger partial charge in [-0.3, -0.25) is 0 Å². The van der Waals surface area contributed by atoms with Crippen LogP contribution in [-0.2, 0) is 0 Å². The van der Waals surface area contributed by atoms with Gasteiger partial charge in [0.1, 0.15) is 0 Å². The third-order valence-corrected chi connectivity index (χ3v) is 15.6. The van der Waals surface area contributed by atoms with Gasteiger partial charge in [0.15, 0.2) is 0 Å². The fourth-order valence-electron chi connectivity index (χ4n) is 0.329. The first-order valence-electron chi connectivity index (χ1n) is 2.19. The van der Waals surface area contributed by atoms with Gasteiger partial charge in [-0.1, -0.05) is 0 Å². The molecule has 1 aliphatic heterocycles. The van der Waals surface area contributed by atoms with Crippen LogP contribution in [0, 0.1) is 0 Å². The van der Waals surface area contributed by atoms with E-state index in [4.69, 9.17) is 0 Å². The van der Waals surface area contributed by atoms with E-state index in [9.17, 15) is 0 Å². The molecule has 1 unspecified atom stereocenters. The summed E-state index contributed by atoms with van der Waals surface area (Å²) in [5, 5.41) is 0. The number of hydrogen-bond acceptors (Lipinski definition) is 2. The fraction of sp³-hybridized carbons (Fsp3) is 1.00. The number of rotatable bonds is 2. The van der Waals surface area contributed by atoms with Gasteiger partial charge in [0.05, 0.1) is 0 Å². The molecule has 2 nitrogen and oxygen atoms in total. The molecule has 0 aromatic heterocycles. The van der Waals surface area contributed by atoms with Crippen LogP contribution in [0.15, 0.2) is 0 Å². The summed E-state index contributed by atoms with van der Waals surface area (Å²) in [6, 6.07) is 0. The van der Waals surface area contributed by atoms with Crippen LogP contribution >= 0.6 is 16.4 Å². The zero-order valence-electron chi connectivity index (χ0n) is 4.41. The number of hydrogen-bond donors (Lipinski definition) is 1. The van der Waals surface area contributed by atoms with Crippen LogP contribution in [-0.4, -0.2) is 14.9 Å². The Labute approximate surface area is 58.8 Å². The van der Waals surface area contributed by atoms with Crippen molar-refractivity contribution in [3.8, 4) is 0 Å². The van der Waals surface area contributed by atoms with Crippen molar-refractivity contribution in [2.75, 3.05) is 13.6 Å². The molecule has 0 radical (unpaired) electrons. The van der Waals surface area contributed by atoms with E-state index in [1.54, 1.807) is 0 Å². The van der Waals surface area contributed by atoms with Crippen LogP contribution in [0.4, 0.5) is 0 Å². The summed E-state index contributed by atoms with van der Waals surface area (Å²) in [6.45, 7) is 3.55. The molecule has 0 aromatic carbocycles. The third-order valence-electron chi connectivity index (χ3n) is 0.673. The molecule has 1 heterocycles. The Bertz CT molecular complexity index is 60.0. The molecule has 7 heavy (non-hydrogen) atoms. The molecule has 0 aromatic rings. The standard InChI is InChI=1S/C3H9I2N2/c1-3-7-4-5(7)6-2/h6H,3H2,1-2H3/q-1. The second kappa shape index (κ2) is 2.79. The maximum absolute atomic E-state index is 3.37. The third kappa shape index (κ3) is 1.65. The second-order valence-corrected chi connectivity index (χ2v) is 15.6. The van der Waals surface area contributed by atoms with Gasteiger partial charge in [0.25, 0.3) is 0 Å². The van der Waals surface area contributed by atoms with Crippen molar-refractivity contribution in [1.82, 2.24) is 4.86 Å². The number of nitrogens with zero attached hydrogens (tertiary/aromatic N) is 1. The van der Waals surface area contributed by atoms with E-state index in [0.717, 1.165) is 0 Å². The first kappa shape index (κ1) is 6.50. The normalized spacial score (nSPS) is 34.6. The van der Waals surface area contributed by atoms with Crippen LogP contribution in [0.25, 0.3) is 0 Å². The fourth-order valence-corrected chi connectivity index (χ4v) is 13.3. The molecule has 0 amide bonds. The van der Waals surface area contributed by atoms with E-state index >= 15 is 0 Å². The van der Waals surface area contributed by atoms with E-state index in [1.165, 1.54) is 6.54 Å². The molecule has 0 bridgehead atoms. The van der Waals surface area contributed by atoms with E-state index in [0.29, 0.717) is 17.5 Å². The van der Waals surface area contributed by atoms with Gasteiger partial charge in [0.2, 0.25) is 0 Å². The van der Waals surface area contributed by atoms with Gasteiger partial charge in [-0.25, -0.2) is 0 Å². The maximum atomic E-state index is 3.37. The first-order chi connectivity index (χ1) is 3.38. The topological polar surface area (TPSA) is 15.0 Å². The predicted octanol–water partition coefficient (Wildman–Crippen LogP) is -2.20. The summed E-state index contributed by atoms with van der Waals surface area (Å²) in [4.78, 5) is 0. The van der Waals surface area contributed by atoms with Crippen LogP contribution in [0.3, 0.4) is 0 Å². The van der Waals surface area contributed by atoms with Gasteiger partial charge in [0, 0.05) is 0 Å².